The van der Waals surface area contributed by atoms with Gasteiger partial charge in [0.1, 0.15) is 5.82 Å². The predicted molar refractivity (Wildman–Crippen MR) is 92.0 cm³/mol. The van der Waals surface area contributed by atoms with Crippen molar-refractivity contribution in [3.05, 3.63) is 57.8 Å². The van der Waals surface area contributed by atoms with Crippen LogP contribution in [0.5, 0.6) is 0 Å². The Labute approximate surface area is 146 Å². The number of aryl methyl sites for hydroxylation is 1. The first-order valence-electron chi connectivity index (χ1n) is 7.68. The van der Waals surface area contributed by atoms with Crippen molar-refractivity contribution >= 4 is 23.4 Å². The lowest BCUT2D eigenvalue weighted by molar-refractivity contribution is -0.118. The molecule has 3 aromatic rings. The van der Waals surface area contributed by atoms with Crippen molar-refractivity contribution in [1.29, 1.82) is 0 Å². The van der Waals surface area contributed by atoms with Crippen molar-refractivity contribution in [2.45, 2.75) is 25.0 Å². The van der Waals surface area contributed by atoms with Crippen LogP contribution in [0.25, 0.3) is 5.78 Å². The molecule has 0 fully saturated rings. The van der Waals surface area contributed by atoms with Gasteiger partial charge in [-0.3, -0.25) is 19.0 Å². The van der Waals surface area contributed by atoms with Crippen LogP contribution in [0.15, 0.2) is 40.3 Å². The molecule has 7 nitrogen and oxygen atoms in total. The van der Waals surface area contributed by atoms with Crippen LogP contribution in [0.1, 0.15) is 18.2 Å². The SMILES string of the molecule is CCc1cc(=O)[nH]c2nnc(SCC(=O)NCc3ccc(F)cc3)n12. The first kappa shape index (κ1) is 17.2. The third kappa shape index (κ3) is 4.05. The molecule has 0 saturated carbocycles. The molecule has 0 atom stereocenters. The number of nitrogens with one attached hydrogen (secondary N) is 2. The zero-order chi connectivity index (χ0) is 17.8. The summed E-state index contributed by atoms with van der Waals surface area (Å²) in [6, 6.07) is 7.45. The highest BCUT2D eigenvalue weighted by Crippen LogP contribution is 2.17. The van der Waals surface area contributed by atoms with E-state index in [2.05, 4.69) is 20.5 Å². The second kappa shape index (κ2) is 7.47. The van der Waals surface area contributed by atoms with Crippen molar-refractivity contribution in [3.63, 3.8) is 0 Å². The molecule has 0 spiro atoms. The van der Waals surface area contributed by atoms with Crippen LogP contribution >= 0.6 is 11.8 Å². The number of hydrogen-bond donors (Lipinski definition) is 2. The molecule has 25 heavy (non-hydrogen) atoms. The molecule has 0 saturated heterocycles. The van der Waals surface area contributed by atoms with Crippen LogP contribution in [0.3, 0.4) is 0 Å². The third-order valence-electron chi connectivity index (χ3n) is 3.55. The van der Waals surface area contributed by atoms with Gasteiger partial charge < -0.3 is 5.32 Å². The van der Waals surface area contributed by atoms with E-state index in [0.29, 0.717) is 23.9 Å². The van der Waals surface area contributed by atoms with Crippen molar-refractivity contribution in [3.8, 4) is 0 Å². The maximum Gasteiger partial charge on any atom is 0.252 e. The van der Waals surface area contributed by atoms with Crippen LogP contribution in [0, 0.1) is 5.82 Å². The Kier molecular flexibility index (Phi) is 5.13. The summed E-state index contributed by atoms with van der Waals surface area (Å²) in [5.74, 6) is 0.0331. The van der Waals surface area contributed by atoms with E-state index in [-0.39, 0.29) is 23.0 Å². The fraction of sp³-hybridized carbons (Fsp3) is 0.250. The number of H-pyrrole nitrogens is 1. The Morgan fingerprint density at radius 2 is 2.08 bits per heavy atom. The van der Waals surface area contributed by atoms with Crippen molar-refractivity contribution in [1.82, 2.24) is 24.9 Å². The van der Waals surface area contributed by atoms with Gasteiger partial charge in [0.15, 0.2) is 5.16 Å². The maximum atomic E-state index is 12.8. The molecule has 1 amide bonds. The first-order valence-corrected chi connectivity index (χ1v) is 8.66. The Morgan fingerprint density at radius 1 is 1.32 bits per heavy atom. The molecule has 2 heterocycles. The molecule has 2 N–H and O–H groups in total. The van der Waals surface area contributed by atoms with Crippen LogP contribution in [-0.4, -0.2) is 31.2 Å². The number of carbonyl (C=O) groups is 1. The molecule has 0 aliphatic carbocycles. The van der Waals surface area contributed by atoms with Gasteiger partial charge in [0, 0.05) is 18.3 Å². The summed E-state index contributed by atoms with van der Waals surface area (Å²) < 4.78 is 14.6. The summed E-state index contributed by atoms with van der Waals surface area (Å²) >= 11 is 1.23. The van der Waals surface area contributed by atoms with Gasteiger partial charge >= 0.3 is 0 Å². The zero-order valence-corrected chi connectivity index (χ0v) is 14.3. The van der Waals surface area contributed by atoms with Gasteiger partial charge in [0.2, 0.25) is 11.7 Å². The number of aromatic nitrogens is 4. The lowest BCUT2D eigenvalue weighted by atomic mass is 10.2. The molecular formula is C16H16FN5O2S. The standard InChI is InChI=1S/C16H16FN5O2S/c1-2-12-7-13(23)19-15-20-21-16(22(12)15)25-9-14(24)18-8-10-3-5-11(17)6-4-10/h3-7H,2,8-9H2,1H3,(H,18,24)(H,19,20,23). The highest BCUT2D eigenvalue weighted by Gasteiger charge is 2.12. The fourth-order valence-electron chi connectivity index (χ4n) is 2.31. The predicted octanol–water partition coefficient (Wildman–Crippen LogP) is 1.53. The second-order valence-corrected chi connectivity index (χ2v) is 6.25. The number of nitrogens with zero attached hydrogens (tertiary/aromatic N) is 3. The number of benzene rings is 1. The molecule has 0 aliphatic heterocycles. The molecule has 0 bridgehead atoms. The number of amides is 1. The zero-order valence-electron chi connectivity index (χ0n) is 13.5. The Hall–Kier alpha value is -2.68. The normalized spacial score (nSPS) is 11.0. The van der Waals surface area contributed by atoms with Crippen molar-refractivity contribution in [2.24, 2.45) is 0 Å². The van der Waals surface area contributed by atoms with Gasteiger partial charge in [-0.25, -0.2) is 4.39 Å². The van der Waals surface area contributed by atoms with E-state index in [9.17, 15) is 14.0 Å². The summed E-state index contributed by atoms with van der Waals surface area (Å²) in [4.78, 5) is 26.2. The van der Waals surface area contributed by atoms with E-state index >= 15 is 0 Å². The number of rotatable bonds is 6. The minimum atomic E-state index is -0.311. The smallest absolute Gasteiger partial charge is 0.252 e. The summed E-state index contributed by atoms with van der Waals surface area (Å²) in [5, 5.41) is 11.3. The number of halogens is 1. The highest BCUT2D eigenvalue weighted by molar-refractivity contribution is 7.99. The summed E-state index contributed by atoms with van der Waals surface area (Å²) in [7, 11) is 0. The van der Waals surface area contributed by atoms with E-state index in [0.717, 1.165) is 11.3 Å². The van der Waals surface area contributed by atoms with Crippen molar-refractivity contribution in [2.75, 3.05) is 5.75 Å². The second-order valence-electron chi connectivity index (χ2n) is 5.31. The molecule has 0 unspecified atom stereocenters. The average molecular weight is 361 g/mol. The van der Waals surface area contributed by atoms with Gasteiger partial charge in [0.05, 0.1) is 5.75 Å². The van der Waals surface area contributed by atoms with Gasteiger partial charge in [-0.05, 0) is 24.1 Å². The number of hydrogen-bond acceptors (Lipinski definition) is 5. The number of carbonyl (C=O) groups excluding carboxylic acids is 1. The topological polar surface area (TPSA) is 92.2 Å². The molecule has 0 aliphatic rings. The average Bonchev–Trinajstić information content (AvgIpc) is 3.01. The van der Waals surface area contributed by atoms with Gasteiger partial charge in [0.25, 0.3) is 5.56 Å². The van der Waals surface area contributed by atoms with Crippen LogP contribution < -0.4 is 10.9 Å². The lowest BCUT2D eigenvalue weighted by Gasteiger charge is -2.06. The minimum Gasteiger partial charge on any atom is -0.351 e. The molecule has 9 heteroatoms. The molecule has 1 aromatic carbocycles. The van der Waals surface area contributed by atoms with Gasteiger partial charge in [-0.15, -0.1) is 10.2 Å². The fourth-order valence-corrected chi connectivity index (χ4v) is 3.10. The molecule has 0 radical (unpaired) electrons. The lowest BCUT2D eigenvalue weighted by Crippen LogP contribution is -2.24. The monoisotopic (exact) mass is 361 g/mol. The quantitative estimate of drug-likeness (QED) is 0.650. The van der Waals surface area contributed by atoms with Crippen LogP contribution in [0.4, 0.5) is 4.39 Å². The molecule has 2 aromatic heterocycles. The van der Waals surface area contributed by atoms with E-state index in [1.54, 1.807) is 16.5 Å². The van der Waals surface area contributed by atoms with Gasteiger partial charge in [-0.2, -0.15) is 0 Å². The van der Waals surface area contributed by atoms with E-state index in [1.807, 2.05) is 6.92 Å². The maximum absolute atomic E-state index is 12.8. The largest absolute Gasteiger partial charge is 0.351 e. The number of aromatic amines is 1. The summed E-state index contributed by atoms with van der Waals surface area (Å²) in [6.07, 6.45) is 0.642. The van der Waals surface area contributed by atoms with Crippen molar-refractivity contribution < 1.29 is 9.18 Å². The highest BCUT2D eigenvalue weighted by atomic mass is 32.2. The Balaban J connectivity index is 1.63. The summed E-state index contributed by atoms with van der Waals surface area (Å²) in [6.45, 7) is 2.26. The Bertz CT molecular complexity index is 951. The first-order chi connectivity index (χ1) is 12.1. The third-order valence-corrected chi connectivity index (χ3v) is 4.48. The van der Waals surface area contributed by atoms with E-state index < -0.39 is 0 Å². The molecule has 130 valence electrons. The number of fused-ring (bicyclic) bond motifs is 1. The number of thioether (sulfide) groups is 1. The molecule has 3 rings (SSSR count). The van der Waals surface area contributed by atoms with Gasteiger partial charge in [-0.1, -0.05) is 30.8 Å². The van der Waals surface area contributed by atoms with E-state index in [1.165, 1.54) is 30.0 Å². The summed E-state index contributed by atoms with van der Waals surface area (Å²) in [5.41, 5.74) is 1.36. The minimum absolute atomic E-state index is 0.157. The van der Waals surface area contributed by atoms with Crippen LogP contribution in [0.2, 0.25) is 0 Å². The Morgan fingerprint density at radius 3 is 2.80 bits per heavy atom. The molecular weight excluding hydrogens is 345 g/mol. The van der Waals surface area contributed by atoms with Crippen LogP contribution in [-0.2, 0) is 17.8 Å². The van der Waals surface area contributed by atoms with E-state index in [4.69, 9.17) is 0 Å².